The molecule has 2 aromatic rings. The molecule has 4 heteroatoms. The lowest BCUT2D eigenvalue weighted by molar-refractivity contribution is 0.490. The largest absolute Gasteiger partial charge is 0.465 e. The summed E-state index contributed by atoms with van der Waals surface area (Å²) in [6.07, 6.45) is 1.64. The highest BCUT2D eigenvalue weighted by atomic mass is 16.3. The normalized spacial score (nSPS) is 10.4. The van der Waals surface area contributed by atoms with E-state index in [1.807, 2.05) is 32.0 Å². The summed E-state index contributed by atoms with van der Waals surface area (Å²) in [6.45, 7) is 4.53. The predicted octanol–water partition coefficient (Wildman–Crippen LogP) is 2.49. The molecule has 0 aliphatic heterocycles. The molecule has 16 heavy (non-hydrogen) atoms. The lowest BCUT2D eigenvalue weighted by Gasteiger charge is -2.07. The van der Waals surface area contributed by atoms with Crippen LogP contribution in [0, 0.1) is 13.8 Å². The van der Waals surface area contributed by atoms with Gasteiger partial charge in [-0.1, -0.05) is 0 Å². The quantitative estimate of drug-likeness (QED) is 0.829. The first-order valence-electron chi connectivity index (χ1n) is 5.16. The molecule has 0 atom stereocenters. The Hall–Kier alpha value is -1.97. The smallest absolute Gasteiger partial charge is 0.129 e. The van der Waals surface area contributed by atoms with Crippen LogP contribution in [0.2, 0.25) is 0 Å². The van der Waals surface area contributed by atoms with Crippen LogP contribution in [-0.2, 0) is 6.54 Å². The van der Waals surface area contributed by atoms with E-state index >= 15 is 0 Å². The second-order valence-electron chi connectivity index (χ2n) is 3.80. The molecule has 4 nitrogen and oxygen atoms in total. The molecule has 2 rings (SSSR count). The molecule has 84 valence electrons. The first-order chi connectivity index (χ1) is 7.65. The summed E-state index contributed by atoms with van der Waals surface area (Å²) >= 11 is 0. The number of anilines is 2. The maximum atomic E-state index is 5.63. The van der Waals surface area contributed by atoms with Crippen molar-refractivity contribution in [1.82, 2.24) is 4.98 Å². The average molecular weight is 217 g/mol. The Morgan fingerprint density at radius 1 is 1.38 bits per heavy atom. The number of hydrogen-bond donors (Lipinski definition) is 2. The van der Waals surface area contributed by atoms with E-state index in [0.717, 1.165) is 22.9 Å². The Bertz CT molecular complexity index is 491. The summed E-state index contributed by atoms with van der Waals surface area (Å²) in [5.41, 5.74) is 7.34. The lowest BCUT2D eigenvalue weighted by Crippen LogP contribution is -2.03. The zero-order valence-corrected chi connectivity index (χ0v) is 9.45. The van der Waals surface area contributed by atoms with Crippen LogP contribution in [0.4, 0.5) is 11.5 Å². The topological polar surface area (TPSA) is 64.1 Å². The van der Waals surface area contributed by atoms with Crippen molar-refractivity contribution in [3.8, 4) is 0 Å². The van der Waals surface area contributed by atoms with E-state index in [9.17, 15) is 0 Å². The first-order valence-corrected chi connectivity index (χ1v) is 5.16. The number of rotatable bonds is 3. The highest BCUT2D eigenvalue weighted by Gasteiger charge is 2.02. The van der Waals surface area contributed by atoms with Crippen LogP contribution < -0.4 is 11.1 Å². The van der Waals surface area contributed by atoms with Crippen LogP contribution in [0.15, 0.2) is 28.8 Å². The third kappa shape index (κ3) is 2.34. The third-order valence-corrected chi connectivity index (χ3v) is 2.33. The second kappa shape index (κ2) is 4.26. The van der Waals surface area contributed by atoms with Crippen molar-refractivity contribution in [3.05, 3.63) is 41.5 Å². The van der Waals surface area contributed by atoms with Crippen molar-refractivity contribution in [1.29, 1.82) is 0 Å². The third-order valence-electron chi connectivity index (χ3n) is 2.33. The maximum absolute atomic E-state index is 5.63. The summed E-state index contributed by atoms with van der Waals surface area (Å²) in [5.74, 6) is 2.65. The zero-order chi connectivity index (χ0) is 11.5. The summed E-state index contributed by atoms with van der Waals surface area (Å²) in [4.78, 5) is 4.22. The van der Waals surface area contributed by atoms with Crippen LogP contribution in [0.3, 0.4) is 0 Å². The minimum atomic E-state index is 0.631. The highest BCUT2D eigenvalue weighted by Crippen LogP contribution is 2.15. The molecular weight excluding hydrogens is 202 g/mol. The van der Waals surface area contributed by atoms with Crippen molar-refractivity contribution in [2.24, 2.45) is 0 Å². The van der Waals surface area contributed by atoms with Gasteiger partial charge < -0.3 is 15.5 Å². The molecule has 0 radical (unpaired) electrons. The van der Waals surface area contributed by atoms with Gasteiger partial charge in [0.2, 0.25) is 0 Å². The Kier molecular flexibility index (Phi) is 2.81. The van der Waals surface area contributed by atoms with E-state index in [1.54, 1.807) is 6.20 Å². The standard InChI is InChI=1S/C12H15N3O/c1-8-5-10(13)6-14-12(8)15-7-11-4-3-9(2)16-11/h3-6H,7,13H2,1-2H3,(H,14,15). The second-order valence-corrected chi connectivity index (χ2v) is 3.80. The van der Waals surface area contributed by atoms with Crippen molar-refractivity contribution in [2.75, 3.05) is 11.1 Å². The summed E-state index contributed by atoms with van der Waals surface area (Å²) < 4.78 is 5.45. The Morgan fingerprint density at radius 3 is 2.81 bits per heavy atom. The van der Waals surface area contributed by atoms with E-state index in [4.69, 9.17) is 10.2 Å². The fourth-order valence-corrected chi connectivity index (χ4v) is 1.53. The van der Waals surface area contributed by atoms with Crippen LogP contribution in [0.25, 0.3) is 0 Å². The number of aryl methyl sites for hydroxylation is 2. The van der Waals surface area contributed by atoms with Crippen LogP contribution >= 0.6 is 0 Å². The summed E-state index contributed by atoms with van der Waals surface area (Å²) in [6, 6.07) is 5.79. The number of nitrogens with two attached hydrogens (primary N) is 1. The number of nitrogens with zero attached hydrogens (tertiary/aromatic N) is 1. The van der Waals surface area contributed by atoms with Gasteiger partial charge in [0.25, 0.3) is 0 Å². The number of hydrogen-bond acceptors (Lipinski definition) is 4. The molecule has 0 spiro atoms. The first kappa shape index (κ1) is 10.5. The van der Waals surface area contributed by atoms with Crippen molar-refractivity contribution in [3.63, 3.8) is 0 Å². The monoisotopic (exact) mass is 217 g/mol. The SMILES string of the molecule is Cc1ccc(CNc2ncc(N)cc2C)o1. The van der Waals surface area contributed by atoms with E-state index in [-0.39, 0.29) is 0 Å². The van der Waals surface area contributed by atoms with Crippen LogP contribution in [0.1, 0.15) is 17.1 Å². The number of aromatic nitrogens is 1. The van der Waals surface area contributed by atoms with Gasteiger partial charge in [-0.05, 0) is 37.6 Å². The predicted molar refractivity (Wildman–Crippen MR) is 64.2 cm³/mol. The molecule has 0 aliphatic carbocycles. The van der Waals surface area contributed by atoms with Crippen molar-refractivity contribution in [2.45, 2.75) is 20.4 Å². The molecule has 0 aromatic carbocycles. The van der Waals surface area contributed by atoms with Gasteiger partial charge in [-0.15, -0.1) is 0 Å². The molecule has 0 fully saturated rings. The average Bonchev–Trinajstić information content (AvgIpc) is 2.63. The summed E-state index contributed by atoms with van der Waals surface area (Å²) in [7, 11) is 0. The molecule has 2 aromatic heterocycles. The van der Waals surface area contributed by atoms with Crippen molar-refractivity contribution >= 4 is 11.5 Å². The number of furan rings is 1. The highest BCUT2D eigenvalue weighted by molar-refractivity contribution is 5.50. The van der Waals surface area contributed by atoms with Gasteiger partial charge in [-0.25, -0.2) is 4.98 Å². The maximum Gasteiger partial charge on any atom is 0.129 e. The fraction of sp³-hybridized carbons (Fsp3) is 0.250. The van der Waals surface area contributed by atoms with E-state index in [2.05, 4.69) is 10.3 Å². The Labute approximate surface area is 94.5 Å². The number of pyridine rings is 1. The molecule has 3 N–H and O–H groups in total. The van der Waals surface area contributed by atoms with Gasteiger partial charge in [-0.2, -0.15) is 0 Å². The molecule has 0 aliphatic rings. The minimum Gasteiger partial charge on any atom is -0.465 e. The minimum absolute atomic E-state index is 0.631. The Morgan fingerprint density at radius 2 is 2.19 bits per heavy atom. The number of nitrogen functional groups attached to an aromatic ring is 1. The zero-order valence-electron chi connectivity index (χ0n) is 9.45. The van der Waals surface area contributed by atoms with Gasteiger partial charge in [0.15, 0.2) is 0 Å². The van der Waals surface area contributed by atoms with Crippen molar-refractivity contribution < 1.29 is 4.42 Å². The molecule has 2 heterocycles. The fourth-order valence-electron chi connectivity index (χ4n) is 1.53. The Balaban J connectivity index is 2.04. The van der Waals surface area contributed by atoms with Gasteiger partial charge in [0.1, 0.15) is 17.3 Å². The van der Waals surface area contributed by atoms with E-state index in [1.165, 1.54) is 0 Å². The molecule has 0 bridgehead atoms. The van der Waals surface area contributed by atoms with Gasteiger partial charge in [0, 0.05) is 0 Å². The van der Waals surface area contributed by atoms with Crippen LogP contribution in [0.5, 0.6) is 0 Å². The molecule has 0 unspecified atom stereocenters. The molecule has 0 saturated carbocycles. The van der Waals surface area contributed by atoms with Gasteiger partial charge in [0.05, 0.1) is 18.4 Å². The molecule has 0 saturated heterocycles. The van der Waals surface area contributed by atoms with Gasteiger partial charge in [-0.3, -0.25) is 0 Å². The number of nitrogens with one attached hydrogen (secondary N) is 1. The lowest BCUT2D eigenvalue weighted by atomic mass is 10.2. The van der Waals surface area contributed by atoms with E-state index < -0.39 is 0 Å². The summed E-state index contributed by atoms with van der Waals surface area (Å²) in [5, 5.41) is 3.21. The molecule has 0 amide bonds. The molecular formula is C12H15N3O. The van der Waals surface area contributed by atoms with Gasteiger partial charge >= 0.3 is 0 Å². The van der Waals surface area contributed by atoms with Crippen LogP contribution in [-0.4, -0.2) is 4.98 Å². The van der Waals surface area contributed by atoms with E-state index in [0.29, 0.717) is 12.2 Å².